The Bertz CT molecular complexity index is 453. The Balaban J connectivity index is 2.70. The second-order valence-corrected chi connectivity index (χ2v) is 4.19. The van der Waals surface area contributed by atoms with E-state index in [1.807, 2.05) is 0 Å². The first-order valence-corrected chi connectivity index (χ1v) is 6.07. The lowest BCUT2D eigenvalue weighted by Crippen LogP contribution is -2.06. The molecule has 5 nitrogen and oxygen atoms in total. The van der Waals surface area contributed by atoms with Crippen LogP contribution in [0.25, 0.3) is 0 Å². The van der Waals surface area contributed by atoms with Crippen LogP contribution in [0.3, 0.4) is 0 Å². The molecule has 1 aromatic rings. The molecule has 0 saturated heterocycles. The quantitative estimate of drug-likeness (QED) is 0.463. The molecule has 1 aromatic carbocycles. The fourth-order valence-corrected chi connectivity index (χ4v) is 1.51. The van der Waals surface area contributed by atoms with Crippen molar-refractivity contribution in [2.75, 3.05) is 6.61 Å². The molecule has 0 aliphatic heterocycles. The van der Waals surface area contributed by atoms with Gasteiger partial charge in [-0.2, -0.15) is 0 Å². The average Bonchev–Trinajstić information content (AvgIpc) is 2.35. The molecule has 1 N–H and O–H groups in total. The second kappa shape index (κ2) is 7.53. The van der Waals surface area contributed by atoms with Gasteiger partial charge in [0.1, 0.15) is 5.78 Å². The van der Waals surface area contributed by atoms with Crippen molar-refractivity contribution < 1.29 is 24.2 Å². The van der Waals surface area contributed by atoms with E-state index in [1.165, 1.54) is 13.8 Å². The van der Waals surface area contributed by atoms with Gasteiger partial charge in [0.25, 0.3) is 0 Å². The molecule has 0 heterocycles. The van der Waals surface area contributed by atoms with Gasteiger partial charge in [0.15, 0.2) is 11.5 Å². The predicted octanol–water partition coefficient (Wildman–Crippen LogP) is 1.85. The molecule has 5 heteroatoms. The van der Waals surface area contributed by atoms with Crippen molar-refractivity contribution in [3.05, 3.63) is 23.8 Å². The molecule has 0 aliphatic rings. The van der Waals surface area contributed by atoms with Crippen LogP contribution in [-0.2, 0) is 16.2 Å². The molecule has 19 heavy (non-hydrogen) atoms. The molecule has 0 atom stereocenters. The van der Waals surface area contributed by atoms with Gasteiger partial charge in [0.2, 0.25) is 0 Å². The summed E-state index contributed by atoms with van der Waals surface area (Å²) >= 11 is 0. The maximum absolute atomic E-state index is 11.0. The number of aliphatic hydroxyl groups excluding tert-OH is 1. The summed E-state index contributed by atoms with van der Waals surface area (Å²) in [6.07, 6.45) is 1.04. The smallest absolute Gasteiger partial charge is 0.308 e. The number of Topliss-reactive ketones (excluding diaryl/α,β-unsaturated/α-hetero) is 1. The third-order valence-corrected chi connectivity index (χ3v) is 2.38. The minimum atomic E-state index is -0.440. The molecule has 0 aliphatic carbocycles. The number of rotatable bonds is 7. The van der Waals surface area contributed by atoms with Crippen LogP contribution in [0.5, 0.6) is 11.5 Å². The first-order chi connectivity index (χ1) is 9.02. The standard InChI is InChI=1S/C14H18O5/c1-10(16)4-3-7-18-14-8-12(9-15)5-6-13(14)19-11(2)17/h5-6,8,15H,3-4,7,9H2,1-2H3. The van der Waals surface area contributed by atoms with Crippen LogP contribution in [0.4, 0.5) is 0 Å². The molecular formula is C14H18O5. The van der Waals surface area contributed by atoms with E-state index in [0.29, 0.717) is 36.5 Å². The lowest BCUT2D eigenvalue weighted by Gasteiger charge is -2.11. The van der Waals surface area contributed by atoms with Gasteiger partial charge in [0.05, 0.1) is 13.2 Å². The number of ketones is 1. The second-order valence-electron chi connectivity index (χ2n) is 4.19. The Kier molecular flexibility index (Phi) is 6.02. The molecule has 1 rings (SSSR count). The number of carbonyl (C=O) groups is 2. The van der Waals surface area contributed by atoms with E-state index in [-0.39, 0.29) is 12.4 Å². The molecule has 104 valence electrons. The Morgan fingerprint density at radius 1 is 1.21 bits per heavy atom. The Labute approximate surface area is 112 Å². The topological polar surface area (TPSA) is 72.8 Å². The van der Waals surface area contributed by atoms with Crippen LogP contribution in [-0.4, -0.2) is 23.5 Å². The Morgan fingerprint density at radius 3 is 2.53 bits per heavy atom. The van der Waals surface area contributed by atoms with E-state index in [0.717, 1.165) is 0 Å². The van der Waals surface area contributed by atoms with Gasteiger partial charge >= 0.3 is 5.97 Å². The average molecular weight is 266 g/mol. The van der Waals surface area contributed by atoms with E-state index >= 15 is 0 Å². The molecule has 0 fully saturated rings. The number of hydrogen-bond acceptors (Lipinski definition) is 5. The van der Waals surface area contributed by atoms with Gasteiger partial charge in [-0.05, 0) is 31.0 Å². The van der Waals surface area contributed by atoms with Crippen LogP contribution in [0.15, 0.2) is 18.2 Å². The minimum Gasteiger partial charge on any atom is -0.490 e. The van der Waals surface area contributed by atoms with Crippen molar-refractivity contribution >= 4 is 11.8 Å². The molecule has 0 unspecified atom stereocenters. The van der Waals surface area contributed by atoms with Crippen molar-refractivity contribution in [2.24, 2.45) is 0 Å². The SMILES string of the molecule is CC(=O)CCCOc1cc(CO)ccc1OC(C)=O. The van der Waals surface area contributed by atoms with E-state index in [1.54, 1.807) is 18.2 Å². The third-order valence-electron chi connectivity index (χ3n) is 2.38. The highest BCUT2D eigenvalue weighted by molar-refractivity contribution is 5.75. The van der Waals surface area contributed by atoms with Crippen LogP contribution in [0.1, 0.15) is 32.3 Å². The summed E-state index contributed by atoms with van der Waals surface area (Å²) in [5.74, 6) is 0.371. The highest BCUT2D eigenvalue weighted by atomic mass is 16.6. The lowest BCUT2D eigenvalue weighted by atomic mass is 10.2. The summed E-state index contributed by atoms with van der Waals surface area (Å²) in [4.78, 5) is 21.8. The summed E-state index contributed by atoms with van der Waals surface area (Å²) < 4.78 is 10.5. The van der Waals surface area contributed by atoms with Crippen LogP contribution < -0.4 is 9.47 Å². The summed E-state index contributed by atoms with van der Waals surface area (Å²) in [5, 5.41) is 9.07. The molecule has 0 saturated carbocycles. The summed E-state index contributed by atoms with van der Waals surface area (Å²) in [6, 6.07) is 4.85. The summed E-state index contributed by atoms with van der Waals surface area (Å²) in [5.41, 5.74) is 0.664. The van der Waals surface area contributed by atoms with Crippen molar-refractivity contribution in [1.82, 2.24) is 0 Å². The molecule has 0 amide bonds. The minimum absolute atomic E-state index is 0.105. The van der Waals surface area contributed by atoms with Crippen molar-refractivity contribution in [3.63, 3.8) is 0 Å². The number of aliphatic hydroxyl groups is 1. The maximum Gasteiger partial charge on any atom is 0.308 e. The molecule has 0 spiro atoms. The van der Waals surface area contributed by atoms with Gasteiger partial charge in [0, 0.05) is 13.3 Å². The largest absolute Gasteiger partial charge is 0.490 e. The molecule has 0 aromatic heterocycles. The van der Waals surface area contributed by atoms with Crippen molar-refractivity contribution in [3.8, 4) is 11.5 Å². The zero-order valence-electron chi connectivity index (χ0n) is 11.1. The van der Waals surface area contributed by atoms with Crippen LogP contribution in [0, 0.1) is 0 Å². The number of carbonyl (C=O) groups excluding carboxylic acids is 2. The monoisotopic (exact) mass is 266 g/mol. The third kappa shape index (κ3) is 5.52. The zero-order chi connectivity index (χ0) is 14.3. The predicted molar refractivity (Wildman–Crippen MR) is 69.1 cm³/mol. The normalized spacial score (nSPS) is 10.1. The first kappa shape index (κ1) is 15.2. The fraction of sp³-hybridized carbons (Fsp3) is 0.429. The highest BCUT2D eigenvalue weighted by Crippen LogP contribution is 2.28. The van der Waals surface area contributed by atoms with Crippen molar-refractivity contribution in [1.29, 1.82) is 0 Å². The molecular weight excluding hydrogens is 248 g/mol. The van der Waals surface area contributed by atoms with Gasteiger partial charge in [-0.3, -0.25) is 4.79 Å². The number of ether oxygens (including phenoxy) is 2. The van der Waals surface area contributed by atoms with Crippen LogP contribution >= 0.6 is 0 Å². The Morgan fingerprint density at radius 2 is 1.95 bits per heavy atom. The summed E-state index contributed by atoms with van der Waals surface area (Å²) in [7, 11) is 0. The molecule has 0 bridgehead atoms. The number of benzene rings is 1. The van der Waals surface area contributed by atoms with E-state index < -0.39 is 5.97 Å². The van der Waals surface area contributed by atoms with E-state index in [9.17, 15) is 9.59 Å². The van der Waals surface area contributed by atoms with Gasteiger partial charge in [-0.1, -0.05) is 6.07 Å². The van der Waals surface area contributed by atoms with Gasteiger partial charge < -0.3 is 19.4 Å². The zero-order valence-corrected chi connectivity index (χ0v) is 11.1. The molecule has 0 radical (unpaired) electrons. The highest BCUT2D eigenvalue weighted by Gasteiger charge is 2.09. The van der Waals surface area contributed by atoms with Crippen molar-refractivity contribution in [2.45, 2.75) is 33.3 Å². The number of hydrogen-bond donors (Lipinski definition) is 1. The maximum atomic E-state index is 11.0. The van der Waals surface area contributed by atoms with E-state index in [4.69, 9.17) is 14.6 Å². The fourth-order valence-electron chi connectivity index (χ4n) is 1.51. The first-order valence-electron chi connectivity index (χ1n) is 6.07. The number of esters is 1. The van der Waals surface area contributed by atoms with E-state index in [2.05, 4.69) is 0 Å². The summed E-state index contributed by atoms with van der Waals surface area (Å²) in [6.45, 7) is 3.06. The van der Waals surface area contributed by atoms with Crippen LogP contribution in [0.2, 0.25) is 0 Å². The Hall–Kier alpha value is -1.88. The lowest BCUT2D eigenvalue weighted by molar-refractivity contribution is -0.132. The van der Waals surface area contributed by atoms with Gasteiger partial charge in [-0.25, -0.2) is 0 Å². The van der Waals surface area contributed by atoms with Gasteiger partial charge in [-0.15, -0.1) is 0 Å².